The fourth-order valence-electron chi connectivity index (χ4n) is 3.80. The normalized spacial score (nSPS) is 20.1. The standard InChI is InChI=1S/C22H22O3/c23-22(25-18-12-5-2-6-13-18)20(16-9-3-1-4-10-16)21-19-14-8-7-11-17(19)15-24-21/h1-6,9,12-13,15-16,20H,7-8,10-11,14H2. The Kier molecular flexibility index (Phi) is 4.55. The first-order chi connectivity index (χ1) is 12.3. The van der Waals surface area contributed by atoms with Crippen LogP contribution in [-0.2, 0) is 17.6 Å². The number of ether oxygens (including phenoxy) is 1. The van der Waals surface area contributed by atoms with Gasteiger partial charge in [-0.15, -0.1) is 0 Å². The van der Waals surface area contributed by atoms with E-state index in [-0.39, 0.29) is 11.9 Å². The predicted octanol–water partition coefficient (Wildman–Crippen LogP) is 4.98. The Morgan fingerprint density at radius 3 is 2.76 bits per heavy atom. The maximum Gasteiger partial charge on any atom is 0.322 e. The van der Waals surface area contributed by atoms with Gasteiger partial charge in [0.25, 0.3) is 0 Å². The number of carbonyl (C=O) groups excluding carboxylic acids is 1. The van der Waals surface area contributed by atoms with Gasteiger partial charge in [-0.2, -0.15) is 0 Å². The number of fused-ring (bicyclic) bond motifs is 1. The molecule has 2 aliphatic rings. The summed E-state index contributed by atoms with van der Waals surface area (Å²) < 4.78 is 11.6. The van der Waals surface area contributed by atoms with Crippen molar-refractivity contribution in [1.29, 1.82) is 0 Å². The second-order valence-corrected chi connectivity index (χ2v) is 6.74. The van der Waals surface area contributed by atoms with Crippen LogP contribution in [0.15, 0.2) is 65.3 Å². The third-order valence-electron chi connectivity index (χ3n) is 5.08. The third-order valence-corrected chi connectivity index (χ3v) is 5.08. The van der Waals surface area contributed by atoms with Crippen molar-refractivity contribution in [3.05, 3.63) is 77.8 Å². The molecule has 2 atom stereocenters. The summed E-state index contributed by atoms with van der Waals surface area (Å²) in [5, 5.41) is 0. The summed E-state index contributed by atoms with van der Waals surface area (Å²) in [6.45, 7) is 0. The Labute approximate surface area is 148 Å². The van der Waals surface area contributed by atoms with E-state index in [2.05, 4.69) is 12.2 Å². The van der Waals surface area contributed by atoms with Crippen LogP contribution in [0.3, 0.4) is 0 Å². The first kappa shape index (κ1) is 15.9. The molecule has 1 aromatic heterocycles. The molecule has 0 N–H and O–H groups in total. The highest BCUT2D eigenvalue weighted by Gasteiger charge is 2.36. The van der Waals surface area contributed by atoms with Crippen LogP contribution < -0.4 is 4.74 Å². The second kappa shape index (κ2) is 7.14. The van der Waals surface area contributed by atoms with Crippen LogP contribution in [0.1, 0.15) is 42.1 Å². The number of hydrogen-bond acceptors (Lipinski definition) is 3. The van der Waals surface area contributed by atoms with Gasteiger partial charge in [0, 0.05) is 5.92 Å². The zero-order chi connectivity index (χ0) is 17.1. The number of carbonyl (C=O) groups is 1. The fourth-order valence-corrected chi connectivity index (χ4v) is 3.80. The van der Waals surface area contributed by atoms with E-state index in [0.717, 1.165) is 31.4 Å². The Morgan fingerprint density at radius 1 is 1.12 bits per heavy atom. The number of benzene rings is 1. The molecule has 0 fully saturated rings. The molecule has 0 bridgehead atoms. The molecule has 1 heterocycles. The maximum absolute atomic E-state index is 13.1. The highest BCUT2D eigenvalue weighted by molar-refractivity contribution is 5.81. The van der Waals surface area contributed by atoms with Crippen molar-refractivity contribution in [1.82, 2.24) is 0 Å². The van der Waals surface area contributed by atoms with Crippen LogP contribution in [0.4, 0.5) is 0 Å². The summed E-state index contributed by atoms with van der Waals surface area (Å²) in [7, 11) is 0. The number of esters is 1. The highest BCUT2D eigenvalue weighted by atomic mass is 16.5. The third kappa shape index (κ3) is 3.32. The summed E-state index contributed by atoms with van der Waals surface area (Å²) in [4.78, 5) is 13.1. The minimum Gasteiger partial charge on any atom is -0.468 e. The Balaban J connectivity index is 1.67. The van der Waals surface area contributed by atoms with E-state index < -0.39 is 5.92 Å². The van der Waals surface area contributed by atoms with Crippen LogP contribution in [-0.4, -0.2) is 5.97 Å². The van der Waals surface area contributed by atoms with Crippen LogP contribution >= 0.6 is 0 Å². The van der Waals surface area contributed by atoms with Gasteiger partial charge in [-0.3, -0.25) is 4.79 Å². The molecule has 2 aromatic rings. The van der Waals surface area contributed by atoms with E-state index in [4.69, 9.17) is 9.15 Å². The van der Waals surface area contributed by atoms with E-state index in [9.17, 15) is 4.79 Å². The number of para-hydroxylation sites is 1. The second-order valence-electron chi connectivity index (χ2n) is 6.74. The smallest absolute Gasteiger partial charge is 0.322 e. The molecule has 25 heavy (non-hydrogen) atoms. The predicted molar refractivity (Wildman–Crippen MR) is 96.6 cm³/mol. The van der Waals surface area contributed by atoms with E-state index >= 15 is 0 Å². The summed E-state index contributed by atoms with van der Waals surface area (Å²) >= 11 is 0. The molecule has 4 rings (SSSR count). The molecular formula is C22H22O3. The van der Waals surface area contributed by atoms with Gasteiger partial charge in [0.05, 0.1) is 6.26 Å². The minimum atomic E-state index is -0.400. The monoisotopic (exact) mass is 334 g/mol. The lowest BCUT2D eigenvalue weighted by Gasteiger charge is -2.24. The van der Waals surface area contributed by atoms with Gasteiger partial charge in [-0.1, -0.05) is 42.5 Å². The molecule has 2 aliphatic carbocycles. The van der Waals surface area contributed by atoms with Gasteiger partial charge in [0.2, 0.25) is 0 Å². The number of aryl methyl sites for hydroxylation is 1. The summed E-state index contributed by atoms with van der Waals surface area (Å²) in [6, 6.07) is 9.27. The number of furan rings is 1. The number of hydrogen-bond donors (Lipinski definition) is 0. The topological polar surface area (TPSA) is 39.4 Å². The first-order valence-electron chi connectivity index (χ1n) is 9.02. The van der Waals surface area contributed by atoms with Crippen LogP contribution in [0.25, 0.3) is 0 Å². The number of allylic oxidation sites excluding steroid dienone is 4. The summed E-state index contributed by atoms with van der Waals surface area (Å²) in [6.07, 6.45) is 15.3. The van der Waals surface area contributed by atoms with Crippen molar-refractivity contribution >= 4 is 5.97 Å². The molecular weight excluding hydrogens is 312 g/mol. The van der Waals surface area contributed by atoms with Crippen LogP contribution in [0.2, 0.25) is 0 Å². The van der Waals surface area contributed by atoms with Crippen molar-refractivity contribution in [3.63, 3.8) is 0 Å². The highest BCUT2D eigenvalue weighted by Crippen LogP contribution is 2.38. The quantitative estimate of drug-likeness (QED) is 0.585. The van der Waals surface area contributed by atoms with Crippen molar-refractivity contribution in [2.45, 2.75) is 38.0 Å². The van der Waals surface area contributed by atoms with Gasteiger partial charge < -0.3 is 9.15 Å². The first-order valence-corrected chi connectivity index (χ1v) is 9.02. The molecule has 128 valence electrons. The average molecular weight is 334 g/mol. The lowest BCUT2D eigenvalue weighted by Crippen LogP contribution is -2.26. The zero-order valence-electron chi connectivity index (χ0n) is 14.2. The average Bonchev–Trinajstić information content (AvgIpc) is 3.08. The molecule has 2 unspecified atom stereocenters. The maximum atomic E-state index is 13.1. The van der Waals surface area contributed by atoms with Gasteiger partial charge >= 0.3 is 5.97 Å². The molecule has 0 saturated heterocycles. The Hall–Kier alpha value is -2.55. The molecule has 3 heteroatoms. The molecule has 1 aromatic carbocycles. The zero-order valence-corrected chi connectivity index (χ0v) is 14.2. The van der Waals surface area contributed by atoms with Gasteiger partial charge in [0.1, 0.15) is 17.4 Å². The molecule has 0 saturated carbocycles. The largest absolute Gasteiger partial charge is 0.468 e. The molecule has 0 radical (unpaired) electrons. The lowest BCUT2D eigenvalue weighted by molar-refractivity contribution is -0.137. The van der Waals surface area contributed by atoms with Gasteiger partial charge in [-0.05, 0) is 55.4 Å². The fraction of sp³-hybridized carbons (Fsp3) is 0.318. The van der Waals surface area contributed by atoms with Gasteiger partial charge in [0.15, 0.2) is 0 Å². The Bertz CT molecular complexity index is 798. The minimum absolute atomic E-state index is 0.0680. The van der Waals surface area contributed by atoms with E-state index in [0.29, 0.717) is 5.75 Å². The lowest BCUT2D eigenvalue weighted by atomic mass is 9.81. The molecule has 3 nitrogen and oxygen atoms in total. The van der Waals surface area contributed by atoms with E-state index in [1.165, 1.54) is 17.5 Å². The van der Waals surface area contributed by atoms with Gasteiger partial charge in [-0.25, -0.2) is 0 Å². The van der Waals surface area contributed by atoms with Crippen LogP contribution in [0, 0.1) is 5.92 Å². The molecule has 0 aliphatic heterocycles. The van der Waals surface area contributed by atoms with Crippen molar-refractivity contribution in [2.75, 3.05) is 0 Å². The summed E-state index contributed by atoms with van der Waals surface area (Å²) in [5.41, 5.74) is 2.48. The van der Waals surface area contributed by atoms with E-state index in [1.54, 1.807) is 0 Å². The van der Waals surface area contributed by atoms with Crippen LogP contribution in [0.5, 0.6) is 5.75 Å². The van der Waals surface area contributed by atoms with Crippen molar-refractivity contribution in [2.24, 2.45) is 5.92 Å². The SMILES string of the molecule is O=C(Oc1ccccc1)C(c1occ2c1CCCC2)C1C=CC=CC1. The van der Waals surface area contributed by atoms with Crippen molar-refractivity contribution in [3.8, 4) is 5.75 Å². The molecule has 0 amide bonds. The van der Waals surface area contributed by atoms with Crippen molar-refractivity contribution < 1.29 is 13.9 Å². The van der Waals surface area contributed by atoms with E-state index in [1.807, 2.05) is 48.7 Å². The number of rotatable bonds is 4. The molecule has 0 spiro atoms. The summed E-state index contributed by atoms with van der Waals surface area (Å²) in [5.74, 6) is 0.814. The Morgan fingerprint density at radius 2 is 1.96 bits per heavy atom.